The summed E-state index contributed by atoms with van der Waals surface area (Å²) < 4.78 is 2.01. The van der Waals surface area contributed by atoms with Gasteiger partial charge < -0.3 is 10.4 Å². The predicted molar refractivity (Wildman–Crippen MR) is 93.1 cm³/mol. The van der Waals surface area contributed by atoms with Crippen LogP contribution >= 0.6 is 23.1 Å². The topological polar surface area (TPSA) is 79.3 Å². The average molecular weight is 350 g/mol. The standard InChI is InChI=1S/C16H18N2O3S2/c1-22-16-18-12-7-6-9(8-13(12)23-16)17-14(19)10-4-2-3-5-11(10)15(20)21/h6-8,10-11H,2-5H2,1H3,(H,17,19)(H,20,21)/t10-,11-/m1/s1. The van der Waals surface area contributed by atoms with Crippen LogP contribution in [0.2, 0.25) is 0 Å². The van der Waals surface area contributed by atoms with Crippen LogP contribution in [0.3, 0.4) is 0 Å². The molecular formula is C16H18N2O3S2. The summed E-state index contributed by atoms with van der Waals surface area (Å²) >= 11 is 3.18. The maximum Gasteiger partial charge on any atom is 0.307 e. The molecule has 2 aromatic rings. The molecule has 0 saturated heterocycles. The highest BCUT2D eigenvalue weighted by Gasteiger charge is 2.35. The number of thiazole rings is 1. The SMILES string of the molecule is CSc1nc2ccc(NC(=O)[C@@H]3CCCC[C@H]3C(=O)O)cc2s1. The number of thioether (sulfide) groups is 1. The van der Waals surface area contributed by atoms with Gasteiger partial charge in [-0.25, -0.2) is 4.98 Å². The Morgan fingerprint density at radius 1 is 1.30 bits per heavy atom. The number of carbonyl (C=O) groups is 2. The number of carbonyl (C=O) groups excluding carboxylic acids is 1. The molecule has 2 atom stereocenters. The maximum atomic E-state index is 12.5. The Balaban J connectivity index is 1.77. The van der Waals surface area contributed by atoms with E-state index in [0.717, 1.165) is 27.4 Å². The highest BCUT2D eigenvalue weighted by atomic mass is 32.2. The quantitative estimate of drug-likeness (QED) is 0.819. The van der Waals surface area contributed by atoms with Gasteiger partial charge in [-0.05, 0) is 37.3 Å². The lowest BCUT2D eigenvalue weighted by Gasteiger charge is -2.27. The first-order valence-electron chi connectivity index (χ1n) is 7.56. The first-order valence-corrected chi connectivity index (χ1v) is 9.61. The fourth-order valence-electron chi connectivity index (χ4n) is 3.04. The second kappa shape index (κ2) is 6.88. The van der Waals surface area contributed by atoms with Gasteiger partial charge in [0.25, 0.3) is 0 Å². The summed E-state index contributed by atoms with van der Waals surface area (Å²) in [6.07, 6.45) is 4.99. The number of carboxylic acid groups (broad SMARTS) is 1. The van der Waals surface area contributed by atoms with Crippen LogP contribution in [0.15, 0.2) is 22.5 Å². The van der Waals surface area contributed by atoms with Gasteiger partial charge in [-0.3, -0.25) is 9.59 Å². The van der Waals surface area contributed by atoms with E-state index in [4.69, 9.17) is 0 Å². The van der Waals surface area contributed by atoms with E-state index in [1.54, 1.807) is 23.1 Å². The van der Waals surface area contributed by atoms with Crippen LogP contribution in [0, 0.1) is 11.8 Å². The van der Waals surface area contributed by atoms with E-state index in [0.29, 0.717) is 18.5 Å². The second-order valence-corrected chi connectivity index (χ2v) is 7.78. The number of aromatic nitrogens is 1. The van der Waals surface area contributed by atoms with Gasteiger partial charge in [-0.1, -0.05) is 24.6 Å². The highest BCUT2D eigenvalue weighted by Crippen LogP contribution is 2.33. The van der Waals surface area contributed by atoms with Crippen LogP contribution in [-0.2, 0) is 9.59 Å². The molecule has 5 nitrogen and oxygen atoms in total. The molecule has 122 valence electrons. The zero-order chi connectivity index (χ0) is 16.4. The van der Waals surface area contributed by atoms with Crippen LogP contribution in [0.25, 0.3) is 10.2 Å². The van der Waals surface area contributed by atoms with Crippen LogP contribution in [0.5, 0.6) is 0 Å². The largest absolute Gasteiger partial charge is 0.481 e. The molecule has 1 aliphatic rings. The molecule has 23 heavy (non-hydrogen) atoms. The number of amides is 1. The summed E-state index contributed by atoms with van der Waals surface area (Å²) in [4.78, 5) is 28.3. The van der Waals surface area contributed by atoms with Crippen molar-refractivity contribution in [3.63, 3.8) is 0 Å². The van der Waals surface area contributed by atoms with E-state index in [1.165, 1.54) is 0 Å². The average Bonchev–Trinajstić information content (AvgIpc) is 2.97. The van der Waals surface area contributed by atoms with E-state index >= 15 is 0 Å². The van der Waals surface area contributed by atoms with Crippen molar-refractivity contribution in [1.82, 2.24) is 4.98 Å². The summed E-state index contributed by atoms with van der Waals surface area (Å²) in [5.74, 6) is -2.07. The van der Waals surface area contributed by atoms with E-state index in [9.17, 15) is 14.7 Å². The van der Waals surface area contributed by atoms with Gasteiger partial charge in [0.2, 0.25) is 5.91 Å². The van der Waals surface area contributed by atoms with Gasteiger partial charge in [0, 0.05) is 5.69 Å². The van der Waals surface area contributed by atoms with Crippen molar-refractivity contribution in [2.45, 2.75) is 30.0 Å². The third-order valence-corrected chi connectivity index (χ3v) is 6.23. The summed E-state index contributed by atoms with van der Waals surface area (Å²) in [7, 11) is 0. The Hall–Kier alpha value is -1.60. The first-order chi connectivity index (χ1) is 11.1. The Bertz CT molecular complexity index is 744. The molecule has 1 aromatic heterocycles. The number of benzene rings is 1. The number of carboxylic acids is 1. The second-order valence-electron chi connectivity index (χ2n) is 5.69. The molecule has 1 fully saturated rings. The molecule has 7 heteroatoms. The lowest BCUT2D eigenvalue weighted by molar-refractivity contribution is -0.147. The molecule has 2 N–H and O–H groups in total. The maximum absolute atomic E-state index is 12.5. The number of aliphatic carboxylic acids is 1. The fourth-order valence-corrected chi connectivity index (χ4v) is 4.57. The molecule has 3 rings (SSSR count). The van der Waals surface area contributed by atoms with Crippen molar-refractivity contribution in [3.05, 3.63) is 18.2 Å². The molecule has 1 heterocycles. The normalized spacial score (nSPS) is 21.3. The van der Waals surface area contributed by atoms with Crippen LogP contribution in [0.1, 0.15) is 25.7 Å². The van der Waals surface area contributed by atoms with Crippen LogP contribution in [0.4, 0.5) is 5.69 Å². The molecule has 1 saturated carbocycles. The molecule has 0 bridgehead atoms. The van der Waals surface area contributed by atoms with Crippen LogP contribution in [-0.4, -0.2) is 28.2 Å². The van der Waals surface area contributed by atoms with E-state index in [1.807, 2.05) is 24.5 Å². The highest BCUT2D eigenvalue weighted by molar-refractivity contribution is 8.00. The van der Waals surface area contributed by atoms with Gasteiger partial charge in [-0.2, -0.15) is 0 Å². The van der Waals surface area contributed by atoms with Crippen molar-refractivity contribution < 1.29 is 14.7 Å². The van der Waals surface area contributed by atoms with Crippen molar-refractivity contribution in [2.24, 2.45) is 11.8 Å². The van der Waals surface area contributed by atoms with Gasteiger partial charge in [0.05, 0.1) is 22.1 Å². The number of hydrogen-bond donors (Lipinski definition) is 2. The molecule has 1 aromatic carbocycles. The third-order valence-electron chi connectivity index (χ3n) is 4.23. The molecular weight excluding hydrogens is 332 g/mol. The lowest BCUT2D eigenvalue weighted by Crippen LogP contribution is -2.36. The monoisotopic (exact) mass is 350 g/mol. The van der Waals surface area contributed by atoms with Gasteiger partial charge >= 0.3 is 5.97 Å². The zero-order valence-corrected chi connectivity index (χ0v) is 14.4. The van der Waals surface area contributed by atoms with Crippen molar-refractivity contribution in [2.75, 3.05) is 11.6 Å². The van der Waals surface area contributed by atoms with E-state index < -0.39 is 17.8 Å². The summed E-state index contributed by atoms with van der Waals surface area (Å²) in [6, 6.07) is 5.61. The van der Waals surface area contributed by atoms with Gasteiger partial charge in [0.15, 0.2) is 4.34 Å². The number of nitrogens with zero attached hydrogens (tertiary/aromatic N) is 1. The van der Waals surface area contributed by atoms with E-state index in [-0.39, 0.29) is 5.91 Å². The summed E-state index contributed by atoms with van der Waals surface area (Å²) in [6.45, 7) is 0. The summed E-state index contributed by atoms with van der Waals surface area (Å²) in [5, 5.41) is 12.2. The molecule has 0 aliphatic heterocycles. The zero-order valence-electron chi connectivity index (χ0n) is 12.7. The number of hydrogen-bond acceptors (Lipinski definition) is 5. The Morgan fingerprint density at radius 3 is 2.74 bits per heavy atom. The van der Waals surface area contributed by atoms with Gasteiger partial charge in [-0.15, -0.1) is 11.3 Å². The number of rotatable bonds is 4. The number of anilines is 1. The molecule has 0 spiro atoms. The predicted octanol–water partition coefficient (Wildman–Crippen LogP) is 3.85. The Labute approximate surface area is 142 Å². The minimum Gasteiger partial charge on any atom is -0.481 e. The summed E-state index contributed by atoms with van der Waals surface area (Å²) in [5.41, 5.74) is 1.62. The molecule has 1 aliphatic carbocycles. The first kappa shape index (κ1) is 16.3. The number of nitrogens with one attached hydrogen (secondary N) is 1. The minimum atomic E-state index is -0.868. The van der Waals surface area contributed by atoms with Crippen LogP contribution < -0.4 is 5.32 Å². The lowest BCUT2D eigenvalue weighted by atomic mass is 9.78. The number of fused-ring (bicyclic) bond motifs is 1. The molecule has 1 amide bonds. The molecule has 0 radical (unpaired) electrons. The van der Waals surface area contributed by atoms with Crippen molar-refractivity contribution >= 4 is 50.9 Å². The van der Waals surface area contributed by atoms with Gasteiger partial charge in [0.1, 0.15) is 0 Å². The molecule has 0 unspecified atom stereocenters. The third kappa shape index (κ3) is 3.50. The Morgan fingerprint density at radius 2 is 2.04 bits per heavy atom. The van der Waals surface area contributed by atoms with E-state index in [2.05, 4.69) is 10.3 Å². The fraction of sp³-hybridized carbons (Fsp3) is 0.438. The van der Waals surface area contributed by atoms with Crippen molar-refractivity contribution in [1.29, 1.82) is 0 Å². The smallest absolute Gasteiger partial charge is 0.307 e. The Kier molecular flexibility index (Phi) is 4.87. The minimum absolute atomic E-state index is 0.189. The van der Waals surface area contributed by atoms with Crippen molar-refractivity contribution in [3.8, 4) is 0 Å².